The van der Waals surface area contributed by atoms with Crippen LogP contribution in [0.2, 0.25) is 0 Å². The van der Waals surface area contributed by atoms with Crippen molar-refractivity contribution >= 4 is 11.0 Å². The highest BCUT2D eigenvalue weighted by Gasteiger charge is 2.07. The molecular weight excluding hydrogens is 186 g/mol. The Morgan fingerprint density at radius 3 is 2.47 bits per heavy atom. The zero-order valence-electron chi connectivity index (χ0n) is 9.00. The molecular formula is C12H11N3. The molecule has 74 valence electrons. The van der Waals surface area contributed by atoms with E-state index in [0.29, 0.717) is 5.69 Å². The van der Waals surface area contributed by atoms with Gasteiger partial charge in [-0.05, 0) is 44.0 Å². The summed E-state index contributed by atoms with van der Waals surface area (Å²) in [4.78, 5) is 8.71. The second kappa shape index (κ2) is 3.32. The van der Waals surface area contributed by atoms with Gasteiger partial charge in [0.1, 0.15) is 11.8 Å². The molecule has 0 aliphatic rings. The molecule has 2 rings (SSSR count). The Kier molecular flexibility index (Phi) is 2.12. The third-order valence-corrected chi connectivity index (χ3v) is 2.74. The Morgan fingerprint density at radius 2 is 1.80 bits per heavy atom. The summed E-state index contributed by atoms with van der Waals surface area (Å²) in [5.41, 5.74) is 5.40. The third kappa shape index (κ3) is 1.44. The molecule has 0 aliphatic heterocycles. The maximum atomic E-state index is 8.78. The van der Waals surface area contributed by atoms with E-state index in [1.165, 1.54) is 0 Å². The molecule has 0 fully saturated rings. The smallest absolute Gasteiger partial charge is 0.141 e. The van der Waals surface area contributed by atoms with E-state index in [0.717, 1.165) is 27.9 Å². The number of hydrogen-bond donors (Lipinski definition) is 0. The Balaban J connectivity index is 2.89. The number of hydrogen-bond acceptors (Lipinski definition) is 3. The summed E-state index contributed by atoms with van der Waals surface area (Å²) in [6, 6.07) is 5.59. The molecule has 0 unspecified atom stereocenters. The summed E-state index contributed by atoms with van der Waals surface area (Å²) in [5.74, 6) is 0. The van der Waals surface area contributed by atoms with Crippen molar-refractivity contribution in [2.24, 2.45) is 0 Å². The van der Waals surface area contributed by atoms with Crippen LogP contribution >= 0.6 is 0 Å². The SMILES string of the molecule is Cc1nc2ccc(C#N)nc2c(C)c1C. The lowest BCUT2D eigenvalue weighted by Gasteiger charge is -2.07. The summed E-state index contributed by atoms with van der Waals surface area (Å²) in [6.07, 6.45) is 0. The van der Waals surface area contributed by atoms with Gasteiger partial charge in [0, 0.05) is 5.69 Å². The number of pyridine rings is 2. The van der Waals surface area contributed by atoms with Crippen LogP contribution in [0.4, 0.5) is 0 Å². The summed E-state index contributed by atoms with van der Waals surface area (Å²) < 4.78 is 0. The highest BCUT2D eigenvalue weighted by molar-refractivity contribution is 5.79. The van der Waals surface area contributed by atoms with E-state index in [4.69, 9.17) is 5.26 Å². The van der Waals surface area contributed by atoms with Crippen molar-refractivity contribution in [2.45, 2.75) is 20.8 Å². The highest BCUT2D eigenvalue weighted by atomic mass is 14.8. The van der Waals surface area contributed by atoms with Gasteiger partial charge < -0.3 is 0 Å². The van der Waals surface area contributed by atoms with Crippen molar-refractivity contribution in [3.8, 4) is 6.07 Å². The molecule has 3 heteroatoms. The van der Waals surface area contributed by atoms with Crippen molar-refractivity contribution in [3.63, 3.8) is 0 Å². The van der Waals surface area contributed by atoms with Gasteiger partial charge in [-0.3, -0.25) is 4.98 Å². The molecule has 0 bridgehead atoms. The van der Waals surface area contributed by atoms with E-state index in [1.54, 1.807) is 6.07 Å². The van der Waals surface area contributed by atoms with E-state index in [9.17, 15) is 0 Å². The second-order valence-electron chi connectivity index (χ2n) is 3.62. The summed E-state index contributed by atoms with van der Waals surface area (Å²) >= 11 is 0. The average Bonchev–Trinajstić information content (AvgIpc) is 2.26. The van der Waals surface area contributed by atoms with Crippen molar-refractivity contribution in [1.29, 1.82) is 5.26 Å². The van der Waals surface area contributed by atoms with E-state index in [1.807, 2.05) is 32.9 Å². The normalized spacial score (nSPS) is 10.3. The molecule has 0 saturated carbocycles. The average molecular weight is 197 g/mol. The molecule has 15 heavy (non-hydrogen) atoms. The van der Waals surface area contributed by atoms with E-state index in [2.05, 4.69) is 9.97 Å². The molecule has 0 atom stereocenters. The minimum Gasteiger partial charge on any atom is -0.251 e. The third-order valence-electron chi connectivity index (χ3n) is 2.74. The van der Waals surface area contributed by atoms with Crippen LogP contribution < -0.4 is 0 Å². The molecule has 2 heterocycles. The Morgan fingerprint density at radius 1 is 1.07 bits per heavy atom. The summed E-state index contributed by atoms with van der Waals surface area (Å²) in [7, 11) is 0. The topological polar surface area (TPSA) is 49.6 Å². The van der Waals surface area contributed by atoms with Gasteiger partial charge in [-0.25, -0.2) is 4.98 Å². The number of aromatic nitrogens is 2. The molecule has 2 aromatic rings. The molecule has 0 aliphatic carbocycles. The molecule has 0 amide bonds. The first-order valence-corrected chi connectivity index (χ1v) is 4.78. The van der Waals surface area contributed by atoms with Crippen molar-refractivity contribution in [1.82, 2.24) is 9.97 Å². The predicted octanol–water partition coefficient (Wildman–Crippen LogP) is 2.43. The number of rotatable bonds is 0. The van der Waals surface area contributed by atoms with Gasteiger partial charge >= 0.3 is 0 Å². The number of fused-ring (bicyclic) bond motifs is 1. The maximum Gasteiger partial charge on any atom is 0.141 e. The molecule has 0 N–H and O–H groups in total. The van der Waals surface area contributed by atoms with Crippen LogP contribution in [0.5, 0.6) is 0 Å². The molecule has 3 nitrogen and oxygen atoms in total. The fourth-order valence-electron chi connectivity index (χ4n) is 1.59. The Labute approximate surface area is 88.4 Å². The monoisotopic (exact) mass is 197 g/mol. The second-order valence-corrected chi connectivity index (χ2v) is 3.62. The maximum absolute atomic E-state index is 8.78. The summed E-state index contributed by atoms with van der Waals surface area (Å²) in [5, 5.41) is 8.78. The van der Waals surface area contributed by atoms with Gasteiger partial charge in [0.25, 0.3) is 0 Å². The van der Waals surface area contributed by atoms with E-state index >= 15 is 0 Å². The molecule has 0 saturated heterocycles. The molecule has 0 radical (unpaired) electrons. The zero-order valence-corrected chi connectivity index (χ0v) is 9.00. The van der Waals surface area contributed by atoms with Gasteiger partial charge in [-0.2, -0.15) is 5.26 Å². The van der Waals surface area contributed by atoms with Crippen LogP contribution in [0.3, 0.4) is 0 Å². The molecule has 2 aromatic heterocycles. The number of nitriles is 1. The largest absolute Gasteiger partial charge is 0.251 e. The lowest BCUT2D eigenvalue weighted by Crippen LogP contribution is -1.96. The first kappa shape index (κ1) is 9.60. The Hall–Kier alpha value is -1.95. The van der Waals surface area contributed by atoms with E-state index in [-0.39, 0.29) is 0 Å². The quantitative estimate of drug-likeness (QED) is 0.651. The van der Waals surface area contributed by atoms with Crippen LogP contribution in [0.1, 0.15) is 22.5 Å². The Bertz CT molecular complexity index is 579. The predicted molar refractivity (Wildman–Crippen MR) is 58.5 cm³/mol. The minimum absolute atomic E-state index is 0.440. The van der Waals surface area contributed by atoms with Crippen molar-refractivity contribution < 1.29 is 0 Å². The van der Waals surface area contributed by atoms with Crippen LogP contribution in [0.25, 0.3) is 11.0 Å². The lowest BCUT2D eigenvalue weighted by molar-refractivity contribution is 1.14. The fourth-order valence-corrected chi connectivity index (χ4v) is 1.59. The van der Waals surface area contributed by atoms with Crippen LogP contribution in [0.15, 0.2) is 12.1 Å². The van der Waals surface area contributed by atoms with E-state index < -0.39 is 0 Å². The van der Waals surface area contributed by atoms with Crippen LogP contribution in [-0.2, 0) is 0 Å². The lowest BCUT2D eigenvalue weighted by atomic mass is 10.1. The molecule has 0 aromatic carbocycles. The standard InChI is InChI=1S/C12H11N3/c1-7-8(2)12-11(14-9(7)3)5-4-10(6-13)15-12/h4-5H,1-3H3. The fraction of sp³-hybridized carbons (Fsp3) is 0.250. The van der Waals surface area contributed by atoms with Crippen LogP contribution in [-0.4, -0.2) is 9.97 Å². The van der Waals surface area contributed by atoms with Crippen molar-refractivity contribution in [3.05, 3.63) is 34.6 Å². The van der Waals surface area contributed by atoms with Gasteiger partial charge in [-0.1, -0.05) is 0 Å². The first-order chi connectivity index (χ1) is 7.13. The van der Waals surface area contributed by atoms with Gasteiger partial charge in [0.2, 0.25) is 0 Å². The molecule has 0 spiro atoms. The van der Waals surface area contributed by atoms with Gasteiger partial charge in [-0.15, -0.1) is 0 Å². The highest BCUT2D eigenvalue weighted by Crippen LogP contribution is 2.20. The van der Waals surface area contributed by atoms with Crippen LogP contribution in [0, 0.1) is 32.1 Å². The number of aryl methyl sites for hydroxylation is 2. The zero-order chi connectivity index (χ0) is 11.0. The van der Waals surface area contributed by atoms with Gasteiger partial charge in [0.05, 0.1) is 11.0 Å². The van der Waals surface area contributed by atoms with Crippen molar-refractivity contribution in [2.75, 3.05) is 0 Å². The first-order valence-electron chi connectivity index (χ1n) is 4.78. The van der Waals surface area contributed by atoms with Gasteiger partial charge in [0.15, 0.2) is 0 Å². The summed E-state index contributed by atoms with van der Waals surface area (Å²) in [6.45, 7) is 6.03. The minimum atomic E-state index is 0.440. The number of nitrogens with zero attached hydrogens (tertiary/aromatic N) is 3.